The molecule has 1 amide bonds. The number of benzene rings is 2. The molecule has 1 aromatic heterocycles. The minimum atomic E-state index is -0.563. The summed E-state index contributed by atoms with van der Waals surface area (Å²) in [6.45, 7) is 2.26. The van der Waals surface area contributed by atoms with E-state index in [0.717, 1.165) is 35.4 Å². The van der Waals surface area contributed by atoms with Gasteiger partial charge in [-0.25, -0.2) is 4.79 Å². The van der Waals surface area contributed by atoms with Gasteiger partial charge in [0.2, 0.25) is 0 Å². The van der Waals surface area contributed by atoms with Crippen LogP contribution in [0.25, 0.3) is 0 Å². The fourth-order valence-electron chi connectivity index (χ4n) is 4.18. The number of nitrogens with one attached hydrogen (secondary N) is 2. The quantitative estimate of drug-likeness (QED) is 0.339. The average molecular weight is 487 g/mol. The molecular weight excluding hydrogens is 467 g/mol. The van der Waals surface area contributed by atoms with Crippen molar-refractivity contribution in [3.05, 3.63) is 79.6 Å². The van der Waals surface area contributed by atoms with Gasteiger partial charge < -0.3 is 15.4 Å². The Balaban J connectivity index is 1.32. The average Bonchev–Trinajstić information content (AvgIpc) is 3.12. The summed E-state index contributed by atoms with van der Waals surface area (Å²) in [5.74, 6) is 0.433. The molecule has 2 aliphatic rings. The van der Waals surface area contributed by atoms with E-state index in [9.17, 15) is 9.59 Å². The molecule has 0 spiro atoms. The van der Waals surface area contributed by atoms with Crippen LogP contribution in [0.5, 0.6) is 5.75 Å². The maximum atomic E-state index is 12.9. The Morgan fingerprint density at radius 1 is 1.12 bits per heavy atom. The molecule has 0 saturated heterocycles. The van der Waals surface area contributed by atoms with E-state index >= 15 is 0 Å². The molecule has 5 rings (SSSR count). The maximum absolute atomic E-state index is 12.9. The summed E-state index contributed by atoms with van der Waals surface area (Å²) in [5, 5.41) is 8.13. The first-order chi connectivity index (χ1) is 15.4. The predicted molar refractivity (Wildman–Crippen MR) is 127 cm³/mol. The number of thiophene rings is 1. The molecule has 1 aliphatic carbocycles. The number of amides is 1. The fraction of sp³-hybridized carbons (Fsp3) is 0.250. The van der Waals surface area contributed by atoms with Crippen LogP contribution in [-0.2, 0) is 12.8 Å². The van der Waals surface area contributed by atoms with Gasteiger partial charge in [-0.3, -0.25) is 4.79 Å². The standard InChI is InChI=1S/C24H20Cl2N2O3S/c1-12-2-8-17-19(10-12)32-23-20(17)22(29)27-21(28-23)13-3-6-15(7-4-13)31-24(30)16-9-5-14(25)11-18(16)26/h3-7,9,11-12,21,28H,2,8,10H2,1H3,(H,27,29)/t12-,21+/m0/s1. The summed E-state index contributed by atoms with van der Waals surface area (Å²) in [7, 11) is 0. The summed E-state index contributed by atoms with van der Waals surface area (Å²) < 4.78 is 5.43. The molecule has 0 unspecified atom stereocenters. The van der Waals surface area contributed by atoms with E-state index in [4.69, 9.17) is 27.9 Å². The van der Waals surface area contributed by atoms with Crippen LogP contribution in [0.2, 0.25) is 10.0 Å². The third-order valence-corrected chi connectivity index (χ3v) is 7.60. The van der Waals surface area contributed by atoms with Gasteiger partial charge in [-0.15, -0.1) is 11.3 Å². The van der Waals surface area contributed by atoms with Gasteiger partial charge in [0, 0.05) is 9.90 Å². The summed E-state index contributed by atoms with van der Waals surface area (Å²) in [6.07, 6.45) is 2.77. The Hall–Kier alpha value is -2.54. The molecule has 2 atom stereocenters. The highest BCUT2D eigenvalue weighted by atomic mass is 35.5. The molecule has 32 heavy (non-hydrogen) atoms. The number of hydrogen-bond donors (Lipinski definition) is 2. The normalized spacial score (nSPS) is 19.4. The Morgan fingerprint density at radius 3 is 2.66 bits per heavy atom. The van der Waals surface area contributed by atoms with E-state index < -0.39 is 5.97 Å². The lowest BCUT2D eigenvalue weighted by Crippen LogP contribution is -2.38. The van der Waals surface area contributed by atoms with E-state index in [0.29, 0.717) is 16.7 Å². The van der Waals surface area contributed by atoms with Crippen LogP contribution < -0.4 is 15.4 Å². The van der Waals surface area contributed by atoms with E-state index in [1.807, 2.05) is 12.1 Å². The molecule has 0 radical (unpaired) electrons. The fourth-order valence-corrected chi connectivity index (χ4v) is 6.10. The van der Waals surface area contributed by atoms with Crippen molar-refractivity contribution in [1.29, 1.82) is 0 Å². The number of anilines is 1. The zero-order valence-electron chi connectivity index (χ0n) is 17.2. The third kappa shape index (κ3) is 3.98. The molecular formula is C24H20Cl2N2O3S. The van der Waals surface area contributed by atoms with Gasteiger partial charge in [-0.1, -0.05) is 42.3 Å². The highest BCUT2D eigenvalue weighted by molar-refractivity contribution is 7.16. The number of hydrogen-bond acceptors (Lipinski definition) is 5. The molecule has 8 heteroatoms. The van der Waals surface area contributed by atoms with E-state index in [-0.39, 0.29) is 22.7 Å². The Bertz CT molecular complexity index is 1220. The number of halogens is 2. The van der Waals surface area contributed by atoms with Crippen LogP contribution in [-0.4, -0.2) is 11.9 Å². The monoisotopic (exact) mass is 486 g/mol. The smallest absolute Gasteiger partial charge is 0.345 e. The Kier molecular flexibility index (Phi) is 5.61. The molecule has 2 aromatic carbocycles. The lowest BCUT2D eigenvalue weighted by Gasteiger charge is -2.27. The molecule has 2 N–H and O–H groups in total. The van der Waals surface area contributed by atoms with Crippen molar-refractivity contribution < 1.29 is 14.3 Å². The number of rotatable bonds is 3. The van der Waals surface area contributed by atoms with Crippen molar-refractivity contribution in [1.82, 2.24) is 5.32 Å². The molecule has 2 heterocycles. The molecule has 1 aliphatic heterocycles. The van der Waals surface area contributed by atoms with Gasteiger partial charge >= 0.3 is 5.97 Å². The lowest BCUT2D eigenvalue weighted by atomic mass is 9.88. The molecule has 5 nitrogen and oxygen atoms in total. The highest BCUT2D eigenvalue weighted by Gasteiger charge is 2.33. The van der Waals surface area contributed by atoms with E-state index in [1.165, 1.54) is 22.6 Å². The number of esters is 1. The number of fused-ring (bicyclic) bond motifs is 3. The van der Waals surface area contributed by atoms with Crippen LogP contribution in [0, 0.1) is 5.92 Å². The number of carbonyl (C=O) groups is 2. The second-order valence-electron chi connectivity index (χ2n) is 8.19. The summed E-state index contributed by atoms with van der Waals surface area (Å²) in [6, 6.07) is 11.7. The van der Waals surface area contributed by atoms with Gasteiger partial charge in [0.25, 0.3) is 5.91 Å². The highest BCUT2D eigenvalue weighted by Crippen LogP contribution is 2.42. The van der Waals surface area contributed by atoms with Crippen molar-refractivity contribution in [2.75, 3.05) is 5.32 Å². The summed E-state index contributed by atoms with van der Waals surface area (Å²) >= 11 is 13.7. The molecule has 164 valence electrons. The summed E-state index contributed by atoms with van der Waals surface area (Å²) in [5.41, 5.74) is 3.12. The Morgan fingerprint density at radius 2 is 1.91 bits per heavy atom. The van der Waals surface area contributed by atoms with Crippen molar-refractivity contribution in [2.24, 2.45) is 5.92 Å². The first-order valence-electron chi connectivity index (χ1n) is 10.4. The van der Waals surface area contributed by atoms with Gasteiger partial charge in [-0.2, -0.15) is 0 Å². The lowest BCUT2D eigenvalue weighted by molar-refractivity contribution is 0.0734. The maximum Gasteiger partial charge on any atom is 0.345 e. The Labute approximate surface area is 199 Å². The van der Waals surface area contributed by atoms with Crippen molar-refractivity contribution in [2.45, 2.75) is 32.4 Å². The van der Waals surface area contributed by atoms with Gasteiger partial charge in [0.05, 0.1) is 16.1 Å². The van der Waals surface area contributed by atoms with Crippen molar-refractivity contribution in [3.8, 4) is 5.75 Å². The SMILES string of the molecule is C[C@H]1CCc2c(sc3c2C(=O)N[C@@H](c2ccc(OC(=O)c4ccc(Cl)cc4Cl)cc2)N3)C1. The zero-order chi connectivity index (χ0) is 22.4. The van der Waals surface area contributed by atoms with Crippen LogP contribution in [0.4, 0.5) is 5.00 Å². The minimum Gasteiger partial charge on any atom is -0.423 e. The topological polar surface area (TPSA) is 67.4 Å². The second-order valence-corrected chi connectivity index (χ2v) is 10.1. The summed E-state index contributed by atoms with van der Waals surface area (Å²) in [4.78, 5) is 26.6. The van der Waals surface area contributed by atoms with Gasteiger partial charge in [0.15, 0.2) is 0 Å². The zero-order valence-corrected chi connectivity index (χ0v) is 19.5. The van der Waals surface area contributed by atoms with E-state index in [1.54, 1.807) is 29.5 Å². The van der Waals surface area contributed by atoms with Crippen LogP contribution in [0.3, 0.4) is 0 Å². The van der Waals surface area contributed by atoms with Crippen LogP contribution >= 0.6 is 34.5 Å². The van der Waals surface area contributed by atoms with Crippen LogP contribution in [0.1, 0.15) is 56.2 Å². The van der Waals surface area contributed by atoms with Crippen molar-refractivity contribution in [3.63, 3.8) is 0 Å². The minimum absolute atomic E-state index is 0.0383. The predicted octanol–water partition coefficient (Wildman–Crippen LogP) is 6.25. The third-order valence-electron chi connectivity index (χ3n) is 5.86. The number of carbonyl (C=O) groups excluding carboxylic acids is 2. The molecule has 0 fully saturated rings. The largest absolute Gasteiger partial charge is 0.423 e. The van der Waals surface area contributed by atoms with Crippen LogP contribution in [0.15, 0.2) is 42.5 Å². The van der Waals surface area contributed by atoms with Crippen molar-refractivity contribution >= 4 is 51.4 Å². The first kappa shape index (κ1) is 21.3. The molecule has 3 aromatic rings. The second kappa shape index (κ2) is 8.43. The molecule has 0 saturated carbocycles. The van der Waals surface area contributed by atoms with Gasteiger partial charge in [-0.05, 0) is 66.6 Å². The molecule has 0 bridgehead atoms. The van der Waals surface area contributed by atoms with Gasteiger partial charge in [0.1, 0.15) is 16.9 Å². The number of ether oxygens (including phenoxy) is 1. The first-order valence-corrected chi connectivity index (χ1v) is 12.0. The van der Waals surface area contributed by atoms with E-state index in [2.05, 4.69) is 17.6 Å².